The summed E-state index contributed by atoms with van der Waals surface area (Å²) in [6.07, 6.45) is 1.04. The van der Waals surface area contributed by atoms with Crippen molar-refractivity contribution in [1.82, 2.24) is 5.32 Å². The highest BCUT2D eigenvalue weighted by Crippen LogP contribution is 2.17. The Kier molecular flexibility index (Phi) is 5.77. The molecule has 1 aromatic carbocycles. The van der Waals surface area contributed by atoms with Crippen LogP contribution in [0.1, 0.15) is 27.2 Å². The smallest absolute Gasteiger partial charge is 0.170 e. The summed E-state index contributed by atoms with van der Waals surface area (Å²) in [5, 5.41) is 7.00. The molecule has 0 amide bonds. The molecule has 0 radical (unpaired) electrons. The Labute approximate surface area is 109 Å². The third-order valence-electron chi connectivity index (χ3n) is 2.39. The van der Waals surface area contributed by atoms with Crippen molar-refractivity contribution in [2.24, 2.45) is 0 Å². The molecule has 1 aromatic rings. The van der Waals surface area contributed by atoms with Crippen LogP contribution in [0.5, 0.6) is 5.75 Å². The minimum Gasteiger partial charge on any atom is -0.494 e. The van der Waals surface area contributed by atoms with E-state index in [1.165, 1.54) is 0 Å². The lowest BCUT2D eigenvalue weighted by Gasteiger charge is -2.15. The minimum absolute atomic E-state index is 0.380. The first-order valence-corrected chi connectivity index (χ1v) is 6.37. The van der Waals surface area contributed by atoms with Crippen LogP contribution >= 0.6 is 12.2 Å². The van der Waals surface area contributed by atoms with E-state index in [0.717, 1.165) is 17.9 Å². The highest BCUT2D eigenvalue weighted by Gasteiger charge is 2.02. The van der Waals surface area contributed by atoms with Crippen molar-refractivity contribution in [3.05, 3.63) is 24.3 Å². The summed E-state index contributed by atoms with van der Waals surface area (Å²) in [6, 6.07) is 8.16. The Morgan fingerprint density at radius 1 is 1.41 bits per heavy atom. The van der Waals surface area contributed by atoms with Gasteiger partial charge >= 0.3 is 0 Å². The molecule has 0 aliphatic carbocycles. The second-order valence-electron chi connectivity index (χ2n) is 3.87. The molecule has 1 unspecified atom stereocenters. The zero-order chi connectivity index (χ0) is 12.7. The standard InChI is InChI=1S/C13H20N2OS/c1-4-10(3)14-13(17)15-11-7-6-8-12(9-11)16-5-2/h6-10H,4-5H2,1-3H3,(H2,14,15,17). The van der Waals surface area contributed by atoms with E-state index in [0.29, 0.717) is 17.8 Å². The molecule has 0 bridgehead atoms. The molecule has 2 N–H and O–H groups in total. The van der Waals surface area contributed by atoms with Gasteiger partial charge in [0, 0.05) is 17.8 Å². The number of ether oxygens (including phenoxy) is 1. The van der Waals surface area contributed by atoms with E-state index in [1.54, 1.807) is 0 Å². The van der Waals surface area contributed by atoms with Crippen LogP contribution in [0, 0.1) is 0 Å². The summed E-state index contributed by atoms with van der Waals surface area (Å²) in [5.41, 5.74) is 0.941. The van der Waals surface area contributed by atoms with Gasteiger partial charge in [0.25, 0.3) is 0 Å². The molecule has 17 heavy (non-hydrogen) atoms. The van der Waals surface area contributed by atoms with Crippen LogP contribution in [-0.2, 0) is 0 Å². The van der Waals surface area contributed by atoms with E-state index in [2.05, 4.69) is 24.5 Å². The fourth-order valence-corrected chi connectivity index (χ4v) is 1.64. The summed E-state index contributed by atoms with van der Waals surface area (Å²) in [5.74, 6) is 0.851. The van der Waals surface area contributed by atoms with Crippen molar-refractivity contribution in [2.75, 3.05) is 11.9 Å². The highest BCUT2D eigenvalue weighted by atomic mass is 32.1. The summed E-state index contributed by atoms with van der Waals surface area (Å²) in [7, 11) is 0. The van der Waals surface area contributed by atoms with Gasteiger partial charge in [-0.2, -0.15) is 0 Å². The molecule has 0 aliphatic rings. The summed E-state index contributed by atoms with van der Waals surface area (Å²) < 4.78 is 5.43. The van der Waals surface area contributed by atoms with E-state index < -0.39 is 0 Å². The van der Waals surface area contributed by atoms with Gasteiger partial charge in [-0.1, -0.05) is 13.0 Å². The first-order valence-electron chi connectivity index (χ1n) is 5.96. The molecule has 94 valence electrons. The van der Waals surface area contributed by atoms with Crippen molar-refractivity contribution >= 4 is 23.0 Å². The van der Waals surface area contributed by atoms with Crippen molar-refractivity contribution in [3.8, 4) is 5.75 Å². The molecule has 4 heteroatoms. The number of benzene rings is 1. The Bertz CT molecular complexity index is 368. The van der Waals surface area contributed by atoms with Gasteiger partial charge in [0.2, 0.25) is 0 Å². The highest BCUT2D eigenvalue weighted by molar-refractivity contribution is 7.80. The minimum atomic E-state index is 0.380. The van der Waals surface area contributed by atoms with Crippen LogP contribution < -0.4 is 15.4 Å². The Morgan fingerprint density at radius 3 is 2.82 bits per heavy atom. The Balaban J connectivity index is 2.55. The van der Waals surface area contributed by atoms with Crippen molar-refractivity contribution < 1.29 is 4.74 Å². The number of thiocarbonyl (C=S) groups is 1. The maximum Gasteiger partial charge on any atom is 0.170 e. The molecule has 3 nitrogen and oxygen atoms in total. The average molecular weight is 252 g/mol. The average Bonchev–Trinajstić information content (AvgIpc) is 2.29. The normalized spacial score (nSPS) is 11.7. The van der Waals surface area contributed by atoms with Crippen LogP contribution in [0.3, 0.4) is 0 Å². The molecule has 0 saturated carbocycles. The molecular weight excluding hydrogens is 232 g/mol. The summed E-state index contributed by atoms with van der Waals surface area (Å²) in [4.78, 5) is 0. The van der Waals surface area contributed by atoms with Gasteiger partial charge in [0.1, 0.15) is 5.75 Å². The van der Waals surface area contributed by atoms with Gasteiger partial charge < -0.3 is 15.4 Å². The molecule has 0 aliphatic heterocycles. The molecule has 1 atom stereocenters. The van der Waals surface area contributed by atoms with Gasteiger partial charge in [-0.3, -0.25) is 0 Å². The Morgan fingerprint density at radius 2 is 2.18 bits per heavy atom. The second kappa shape index (κ2) is 7.12. The molecule has 0 aromatic heterocycles. The molecule has 0 spiro atoms. The van der Waals surface area contributed by atoms with E-state index >= 15 is 0 Å². The topological polar surface area (TPSA) is 33.3 Å². The monoisotopic (exact) mass is 252 g/mol. The molecule has 0 heterocycles. The molecular formula is C13H20N2OS. The van der Waals surface area contributed by atoms with Gasteiger partial charge in [0.05, 0.1) is 6.61 Å². The van der Waals surface area contributed by atoms with Crippen molar-refractivity contribution in [1.29, 1.82) is 0 Å². The lowest BCUT2D eigenvalue weighted by Crippen LogP contribution is -2.35. The second-order valence-corrected chi connectivity index (χ2v) is 4.28. The molecule has 1 rings (SSSR count). The largest absolute Gasteiger partial charge is 0.494 e. The number of hydrogen-bond acceptors (Lipinski definition) is 2. The number of rotatable bonds is 5. The van der Waals surface area contributed by atoms with Crippen LogP contribution in [0.2, 0.25) is 0 Å². The van der Waals surface area contributed by atoms with Crippen molar-refractivity contribution in [3.63, 3.8) is 0 Å². The van der Waals surface area contributed by atoms with Gasteiger partial charge in [-0.15, -0.1) is 0 Å². The first kappa shape index (κ1) is 13.8. The third-order valence-corrected chi connectivity index (χ3v) is 2.61. The van der Waals surface area contributed by atoms with Crippen LogP contribution in [0.4, 0.5) is 5.69 Å². The van der Waals surface area contributed by atoms with Crippen LogP contribution in [-0.4, -0.2) is 17.8 Å². The maximum atomic E-state index is 5.43. The van der Waals surface area contributed by atoms with Crippen LogP contribution in [0.15, 0.2) is 24.3 Å². The summed E-state index contributed by atoms with van der Waals surface area (Å²) >= 11 is 5.22. The Hall–Kier alpha value is -1.29. The van der Waals surface area contributed by atoms with E-state index in [-0.39, 0.29) is 0 Å². The van der Waals surface area contributed by atoms with E-state index in [1.807, 2.05) is 31.2 Å². The van der Waals surface area contributed by atoms with Gasteiger partial charge in [-0.05, 0) is 44.6 Å². The fourth-order valence-electron chi connectivity index (χ4n) is 1.32. The summed E-state index contributed by atoms with van der Waals surface area (Å²) in [6.45, 7) is 6.86. The lowest BCUT2D eigenvalue weighted by molar-refractivity contribution is 0.340. The number of nitrogens with one attached hydrogen (secondary N) is 2. The lowest BCUT2D eigenvalue weighted by atomic mass is 10.3. The zero-order valence-electron chi connectivity index (χ0n) is 10.6. The predicted molar refractivity (Wildman–Crippen MR) is 76.7 cm³/mol. The third kappa shape index (κ3) is 5.04. The first-order chi connectivity index (χ1) is 8.15. The van der Waals surface area contributed by atoms with Crippen molar-refractivity contribution in [2.45, 2.75) is 33.2 Å². The van der Waals surface area contributed by atoms with Gasteiger partial charge in [-0.25, -0.2) is 0 Å². The predicted octanol–water partition coefficient (Wildman–Crippen LogP) is 3.17. The van der Waals surface area contributed by atoms with Gasteiger partial charge in [0.15, 0.2) is 5.11 Å². The van der Waals surface area contributed by atoms with E-state index in [9.17, 15) is 0 Å². The molecule has 0 saturated heterocycles. The molecule has 0 fully saturated rings. The quantitative estimate of drug-likeness (QED) is 0.789. The van der Waals surface area contributed by atoms with Crippen LogP contribution in [0.25, 0.3) is 0 Å². The fraction of sp³-hybridized carbons (Fsp3) is 0.462. The number of hydrogen-bond donors (Lipinski definition) is 2. The zero-order valence-corrected chi connectivity index (χ0v) is 11.4. The number of anilines is 1. The SMILES string of the molecule is CCOc1cccc(NC(=S)NC(C)CC)c1. The van der Waals surface area contributed by atoms with E-state index in [4.69, 9.17) is 17.0 Å². The maximum absolute atomic E-state index is 5.43.